The lowest BCUT2D eigenvalue weighted by Crippen LogP contribution is -2.51. The Balaban J connectivity index is 1.26. The van der Waals surface area contributed by atoms with Crippen molar-refractivity contribution in [3.05, 3.63) is 70.1 Å². The van der Waals surface area contributed by atoms with Gasteiger partial charge in [0.1, 0.15) is 17.3 Å². The van der Waals surface area contributed by atoms with E-state index in [1.165, 1.54) is 23.8 Å². The maximum Gasteiger partial charge on any atom is 0.318 e. The molecule has 0 atom stereocenters. The number of hydrogen-bond acceptors (Lipinski definition) is 4. The number of rotatable bonds is 5. The molecule has 10 heteroatoms. The molecule has 8 nitrogen and oxygen atoms in total. The lowest BCUT2D eigenvalue weighted by atomic mass is 9.76. The van der Waals surface area contributed by atoms with E-state index in [1.807, 2.05) is 12.1 Å². The van der Waals surface area contributed by atoms with E-state index >= 15 is 0 Å². The van der Waals surface area contributed by atoms with Crippen molar-refractivity contribution in [1.29, 1.82) is 0 Å². The van der Waals surface area contributed by atoms with E-state index in [0.29, 0.717) is 36.0 Å². The number of nitrogens with zero attached hydrogens (tertiary/aromatic N) is 3. The number of halogens is 2. The number of aromatic nitrogens is 2. The van der Waals surface area contributed by atoms with Gasteiger partial charge in [-0.1, -0.05) is 23.7 Å². The number of carbonyl (C=O) groups is 2. The maximum atomic E-state index is 13.6. The van der Waals surface area contributed by atoms with E-state index in [4.69, 9.17) is 22.1 Å². The molecule has 0 bridgehead atoms. The molecule has 5 rings (SSSR count). The lowest BCUT2D eigenvalue weighted by molar-refractivity contribution is 0.0997. The molecule has 1 aliphatic heterocycles. The van der Waals surface area contributed by atoms with Crippen molar-refractivity contribution in [3.8, 4) is 17.0 Å². The van der Waals surface area contributed by atoms with Crippen molar-refractivity contribution in [2.24, 2.45) is 5.73 Å². The smallest absolute Gasteiger partial charge is 0.318 e. The SMILES string of the molecule is COc1ccc([C@H]2C[C@@H](NC(=O)N3CCn4nc(-c5ccc(F)c(Cl)c5)c(C(N)=O)c4C3)C2)cc1. The quantitative estimate of drug-likeness (QED) is 0.557. The normalized spacial score (nSPS) is 19.0. The molecule has 0 unspecified atom stereocenters. The second kappa shape index (κ2) is 9.22. The summed E-state index contributed by atoms with van der Waals surface area (Å²) in [4.78, 5) is 27.0. The van der Waals surface area contributed by atoms with Gasteiger partial charge < -0.3 is 20.7 Å². The fourth-order valence-corrected chi connectivity index (χ4v) is 4.93. The number of fused-ring (bicyclic) bond motifs is 1. The highest BCUT2D eigenvalue weighted by Gasteiger charge is 2.34. The van der Waals surface area contributed by atoms with Gasteiger partial charge in [-0.3, -0.25) is 9.48 Å². The van der Waals surface area contributed by atoms with Gasteiger partial charge in [0.05, 0.1) is 36.5 Å². The Morgan fingerprint density at radius 3 is 2.57 bits per heavy atom. The zero-order valence-electron chi connectivity index (χ0n) is 19.1. The monoisotopic (exact) mass is 497 g/mol. The first kappa shape index (κ1) is 23.2. The van der Waals surface area contributed by atoms with Crippen LogP contribution in [-0.2, 0) is 13.1 Å². The number of methoxy groups -OCH3 is 1. The molecule has 182 valence electrons. The second-order valence-corrected chi connectivity index (χ2v) is 9.30. The van der Waals surface area contributed by atoms with Crippen LogP contribution in [0.5, 0.6) is 5.75 Å². The molecule has 0 saturated heterocycles. The highest BCUT2D eigenvalue weighted by molar-refractivity contribution is 6.31. The topological polar surface area (TPSA) is 102 Å². The molecular formula is C25H25ClFN5O3. The number of carbonyl (C=O) groups excluding carboxylic acids is 2. The highest BCUT2D eigenvalue weighted by atomic mass is 35.5. The minimum absolute atomic E-state index is 0.0710. The van der Waals surface area contributed by atoms with Gasteiger partial charge in [-0.25, -0.2) is 9.18 Å². The zero-order valence-corrected chi connectivity index (χ0v) is 19.9. The molecule has 1 fully saturated rings. The summed E-state index contributed by atoms with van der Waals surface area (Å²) in [5, 5.41) is 7.54. The number of benzene rings is 2. The predicted octanol–water partition coefficient (Wildman–Crippen LogP) is 3.92. The Kier molecular flexibility index (Phi) is 6.10. The summed E-state index contributed by atoms with van der Waals surface area (Å²) in [6, 6.07) is 12.1. The standard InChI is InChI=1S/C25H25ClFN5O3/c1-35-18-5-2-14(3-6-18)16-10-17(11-16)29-25(34)31-8-9-32-21(13-31)22(24(28)33)23(30-32)15-4-7-20(27)19(26)12-15/h2-7,12,16-17H,8-11,13H2,1H3,(H2,28,33)(H,29,34)/t16-,17+. The van der Waals surface area contributed by atoms with Gasteiger partial charge in [0.2, 0.25) is 0 Å². The van der Waals surface area contributed by atoms with Crippen LogP contribution in [0.3, 0.4) is 0 Å². The van der Waals surface area contributed by atoms with Crippen LogP contribution in [0.1, 0.15) is 40.4 Å². The largest absolute Gasteiger partial charge is 0.497 e. The molecular weight excluding hydrogens is 473 g/mol. The summed E-state index contributed by atoms with van der Waals surface area (Å²) in [6.45, 7) is 1.05. The minimum atomic E-state index is -0.662. The number of ether oxygens (including phenoxy) is 1. The molecule has 3 amide bonds. The molecule has 2 aromatic carbocycles. The average Bonchev–Trinajstić information content (AvgIpc) is 3.22. The van der Waals surface area contributed by atoms with Crippen LogP contribution < -0.4 is 15.8 Å². The predicted molar refractivity (Wildman–Crippen MR) is 129 cm³/mol. The van der Waals surface area contributed by atoms with Crippen LogP contribution in [0.2, 0.25) is 5.02 Å². The molecule has 35 heavy (non-hydrogen) atoms. The summed E-state index contributed by atoms with van der Waals surface area (Å²) < 4.78 is 20.5. The Morgan fingerprint density at radius 2 is 1.91 bits per heavy atom. The van der Waals surface area contributed by atoms with Crippen molar-refractivity contribution >= 4 is 23.5 Å². The molecule has 1 aromatic heterocycles. The van der Waals surface area contributed by atoms with Crippen LogP contribution in [-0.4, -0.2) is 46.3 Å². The molecule has 1 aliphatic carbocycles. The maximum absolute atomic E-state index is 13.6. The van der Waals surface area contributed by atoms with Crippen LogP contribution in [0.15, 0.2) is 42.5 Å². The fraction of sp³-hybridized carbons (Fsp3) is 0.320. The van der Waals surface area contributed by atoms with Gasteiger partial charge in [-0.2, -0.15) is 5.10 Å². The number of hydrogen-bond donors (Lipinski definition) is 2. The molecule has 2 aliphatic rings. The lowest BCUT2D eigenvalue weighted by Gasteiger charge is -2.38. The summed E-state index contributed by atoms with van der Waals surface area (Å²) >= 11 is 5.93. The van der Waals surface area contributed by atoms with Gasteiger partial charge in [0, 0.05) is 18.2 Å². The zero-order chi connectivity index (χ0) is 24.7. The van der Waals surface area contributed by atoms with Crippen molar-refractivity contribution in [1.82, 2.24) is 20.0 Å². The second-order valence-electron chi connectivity index (χ2n) is 8.90. The first-order valence-electron chi connectivity index (χ1n) is 11.4. The van der Waals surface area contributed by atoms with Gasteiger partial charge in [0.25, 0.3) is 5.91 Å². The Morgan fingerprint density at radius 1 is 1.17 bits per heavy atom. The number of nitrogens with one attached hydrogen (secondary N) is 1. The van der Waals surface area contributed by atoms with Crippen molar-refractivity contribution in [2.45, 2.75) is 37.9 Å². The summed E-state index contributed by atoms with van der Waals surface area (Å²) in [6.07, 6.45) is 1.73. The Labute approximate surface area is 206 Å². The van der Waals surface area contributed by atoms with Crippen molar-refractivity contribution in [3.63, 3.8) is 0 Å². The van der Waals surface area contributed by atoms with Gasteiger partial charge in [0.15, 0.2) is 0 Å². The van der Waals surface area contributed by atoms with E-state index in [2.05, 4.69) is 22.5 Å². The number of amides is 3. The molecule has 0 spiro atoms. The highest BCUT2D eigenvalue weighted by Crippen LogP contribution is 2.37. The van der Waals surface area contributed by atoms with Gasteiger partial charge >= 0.3 is 6.03 Å². The summed E-state index contributed by atoms with van der Waals surface area (Å²) in [5.74, 6) is 0.00203. The van der Waals surface area contributed by atoms with Crippen LogP contribution in [0.25, 0.3) is 11.3 Å². The molecule has 3 N–H and O–H groups in total. The first-order chi connectivity index (χ1) is 16.8. The number of primary amides is 1. The van der Waals surface area contributed by atoms with E-state index in [1.54, 1.807) is 16.7 Å². The Hall–Kier alpha value is -3.59. The Bertz CT molecular complexity index is 1290. The van der Waals surface area contributed by atoms with E-state index in [9.17, 15) is 14.0 Å². The van der Waals surface area contributed by atoms with Crippen molar-refractivity contribution in [2.75, 3.05) is 13.7 Å². The minimum Gasteiger partial charge on any atom is -0.497 e. The first-order valence-corrected chi connectivity index (χ1v) is 11.8. The van der Waals surface area contributed by atoms with Crippen molar-refractivity contribution < 1.29 is 18.7 Å². The van der Waals surface area contributed by atoms with E-state index in [-0.39, 0.29) is 29.2 Å². The van der Waals surface area contributed by atoms with Crippen LogP contribution in [0.4, 0.5) is 9.18 Å². The van der Waals surface area contributed by atoms with E-state index < -0.39 is 11.7 Å². The molecule has 0 radical (unpaired) electrons. The van der Waals surface area contributed by atoms with Crippen LogP contribution >= 0.6 is 11.6 Å². The number of urea groups is 1. The average molecular weight is 498 g/mol. The van der Waals surface area contributed by atoms with Gasteiger partial charge in [-0.15, -0.1) is 0 Å². The third-order valence-corrected chi connectivity index (χ3v) is 7.05. The molecule has 2 heterocycles. The number of nitrogens with two attached hydrogens (primary N) is 1. The third kappa shape index (κ3) is 4.43. The van der Waals surface area contributed by atoms with Crippen LogP contribution in [0, 0.1) is 5.82 Å². The van der Waals surface area contributed by atoms with E-state index in [0.717, 1.165) is 18.6 Å². The van der Waals surface area contributed by atoms with Gasteiger partial charge in [-0.05, 0) is 54.7 Å². The summed E-state index contributed by atoms with van der Waals surface area (Å²) in [5.41, 5.74) is 8.51. The fourth-order valence-electron chi connectivity index (χ4n) is 4.75. The molecule has 3 aromatic rings. The third-order valence-electron chi connectivity index (χ3n) is 6.76. The molecule has 1 saturated carbocycles. The summed E-state index contributed by atoms with van der Waals surface area (Å²) in [7, 11) is 1.64.